The van der Waals surface area contributed by atoms with Gasteiger partial charge in [0.2, 0.25) is 5.95 Å². The van der Waals surface area contributed by atoms with E-state index in [0.29, 0.717) is 29.7 Å². The molecule has 0 spiro atoms. The molecule has 0 aliphatic rings. The number of anilines is 3. The van der Waals surface area contributed by atoms with Gasteiger partial charge in [0.15, 0.2) is 5.82 Å². The van der Waals surface area contributed by atoms with Gasteiger partial charge in [-0.1, -0.05) is 12.1 Å². The van der Waals surface area contributed by atoms with Crippen molar-refractivity contribution < 1.29 is 15.1 Å². The van der Waals surface area contributed by atoms with Crippen LogP contribution < -0.4 is 15.7 Å². The first kappa shape index (κ1) is 21.6. The Kier molecular flexibility index (Phi) is 5.71. The molecule has 5 N–H and O–H groups in total. The molecule has 1 aromatic carbocycles. The predicted molar refractivity (Wildman–Crippen MR) is 127 cm³/mol. The summed E-state index contributed by atoms with van der Waals surface area (Å²) in [6.45, 7) is 0.292. The van der Waals surface area contributed by atoms with E-state index in [9.17, 15) is 9.90 Å². The first-order valence-corrected chi connectivity index (χ1v) is 11.0. The number of rotatable bonds is 7. The third-order valence-corrected chi connectivity index (χ3v) is 6.33. The van der Waals surface area contributed by atoms with Crippen LogP contribution in [0.3, 0.4) is 0 Å². The van der Waals surface area contributed by atoms with Gasteiger partial charge in [0, 0.05) is 36.9 Å². The summed E-state index contributed by atoms with van der Waals surface area (Å²) in [5, 5.41) is 30.1. The summed E-state index contributed by atoms with van der Waals surface area (Å²) < 4.78 is 0.815. The molecule has 0 unspecified atom stereocenters. The number of aliphatic hydroxyl groups is 1. The number of carbonyl (C=O) groups excluding carboxylic acids is 1. The van der Waals surface area contributed by atoms with E-state index in [0.717, 1.165) is 26.2 Å². The highest BCUT2D eigenvalue weighted by molar-refractivity contribution is 7.23. The number of H-pyrrole nitrogens is 1. The van der Waals surface area contributed by atoms with Crippen molar-refractivity contribution in [3.05, 3.63) is 48.4 Å². The number of fused-ring (bicyclic) bond motifs is 2. The van der Waals surface area contributed by atoms with Crippen LogP contribution in [-0.2, 0) is 0 Å². The van der Waals surface area contributed by atoms with E-state index in [4.69, 9.17) is 15.2 Å². The Morgan fingerprint density at radius 1 is 1.21 bits per heavy atom. The normalized spacial score (nSPS) is 11.1. The van der Waals surface area contributed by atoms with E-state index in [2.05, 4.69) is 25.5 Å². The van der Waals surface area contributed by atoms with Crippen LogP contribution in [0.4, 0.5) is 16.8 Å². The Bertz CT molecular complexity index is 1480. The molecule has 13 heteroatoms. The molecule has 34 heavy (non-hydrogen) atoms. The maximum absolute atomic E-state index is 11.5. The zero-order chi connectivity index (χ0) is 23.7. The molecule has 0 saturated heterocycles. The number of nitrogens with one attached hydrogen (secondary N) is 3. The number of hydrogen-bond donors (Lipinski definition) is 5. The second kappa shape index (κ2) is 8.97. The van der Waals surface area contributed by atoms with Crippen LogP contribution in [0.2, 0.25) is 0 Å². The molecule has 4 heterocycles. The van der Waals surface area contributed by atoms with Crippen molar-refractivity contribution in [1.29, 1.82) is 0 Å². The SMILES string of the molecule is CN(c1ncc(C(=O)NO)cn1)c1cc2nc(-c3cccc4[nH]ncc34)nc(NCCO)c2s1. The molecule has 4 aromatic heterocycles. The van der Waals surface area contributed by atoms with Gasteiger partial charge in [-0.2, -0.15) is 5.10 Å². The highest BCUT2D eigenvalue weighted by Gasteiger charge is 2.18. The Balaban J connectivity index is 1.57. The first-order chi connectivity index (χ1) is 16.6. The second-order valence-electron chi connectivity index (χ2n) is 7.25. The highest BCUT2D eigenvalue weighted by atomic mass is 32.1. The molecule has 0 aliphatic carbocycles. The third kappa shape index (κ3) is 3.87. The van der Waals surface area contributed by atoms with Crippen molar-refractivity contribution in [2.75, 3.05) is 30.4 Å². The van der Waals surface area contributed by atoms with Crippen LogP contribution in [0.1, 0.15) is 10.4 Å². The highest BCUT2D eigenvalue weighted by Crippen LogP contribution is 2.38. The van der Waals surface area contributed by atoms with Crippen LogP contribution in [-0.4, -0.2) is 66.6 Å². The smallest absolute Gasteiger partial charge is 0.277 e. The van der Waals surface area contributed by atoms with E-state index < -0.39 is 5.91 Å². The van der Waals surface area contributed by atoms with Crippen LogP contribution in [0.25, 0.3) is 32.5 Å². The molecule has 172 valence electrons. The van der Waals surface area contributed by atoms with E-state index in [-0.39, 0.29) is 12.2 Å². The topological polar surface area (TPSA) is 165 Å². The van der Waals surface area contributed by atoms with E-state index >= 15 is 0 Å². The van der Waals surface area contributed by atoms with Crippen LogP contribution in [0, 0.1) is 0 Å². The number of thiophene rings is 1. The molecule has 5 aromatic rings. The van der Waals surface area contributed by atoms with Gasteiger partial charge in [0.1, 0.15) is 10.8 Å². The lowest BCUT2D eigenvalue weighted by Gasteiger charge is -2.14. The molecule has 0 saturated carbocycles. The average Bonchev–Trinajstić information content (AvgIpc) is 3.53. The number of benzene rings is 1. The summed E-state index contributed by atoms with van der Waals surface area (Å²) >= 11 is 1.44. The van der Waals surface area contributed by atoms with Crippen molar-refractivity contribution in [3.8, 4) is 11.4 Å². The molecular weight excluding hydrogens is 458 g/mol. The summed E-state index contributed by atoms with van der Waals surface area (Å²) in [7, 11) is 1.80. The summed E-state index contributed by atoms with van der Waals surface area (Å²) in [4.78, 5) is 31.2. The fourth-order valence-corrected chi connectivity index (χ4v) is 4.46. The van der Waals surface area contributed by atoms with E-state index in [1.807, 2.05) is 24.3 Å². The van der Waals surface area contributed by atoms with Crippen molar-refractivity contribution in [2.45, 2.75) is 0 Å². The van der Waals surface area contributed by atoms with Gasteiger partial charge in [-0.3, -0.25) is 15.1 Å². The molecule has 0 atom stereocenters. The number of nitrogens with zero attached hydrogens (tertiary/aromatic N) is 6. The minimum atomic E-state index is -0.689. The summed E-state index contributed by atoms with van der Waals surface area (Å²) in [5.41, 5.74) is 4.12. The Labute approximate surface area is 196 Å². The third-order valence-electron chi connectivity index (χ3n) is 5.12. The number of aromatic amines is 1. The summed E-state index contributed by atoms with van der Waals surface area (Å²) in [5.74, 6) is 0.811. The molecular formula is C21H19N9O3S. The maximum Gasteiger partial charge on any atom is 0.277 e. The summed E-state index contributed by atoms with van der Waals surface area (Å²) in [6, 6.07) is 7.69. The largest absolute Gasteiger partial charge is 0.395 e. The molecule has 0 aliphatic heterocycles. The Morgan fingerprint density at radius 3 is 2.79 bits per heavy atom. The van der Waals surface area contributed by atoms with Gasteiger partial charge in [0.05, 0.1) is 34.1 Å². The predicted octanol–water partition coefficient (Wildman–Crippen LogP) is 2.32. The average molecular weight is 478 g/mol. The minimum absolute atomic E-state index is 0.0438. The van der Waals surface area contributed by atoms with Gasteiger partial charge >= 0.3 is 0 Å². The van der Waals surface area contributed by atoms with Gasteiger partial charge in [-0.05, 0) is 12.1 Å². The van der Waals surface area contributed by atoms with Crippen molar-refractivity contribution >= 4 is 55.1 Å². The number of aromatic nitrogens is 6. The number of carbonyl (C=O) groups is 1. The zero-order valence-electron chi connectivity index (χ0n) is 17.8. The van der Waals surface area contributed by atoms with E-state index in [1.165, 1.54) is 23.7 Å². The molecule has 0 bridgehead atoms. The molecule has 12 nitrogen and oxygen atoms in total. The maximum atomic E-state index is 11.5. The van der Waals surface area contributed by atoms with Crippen LogP contribution in [0.5, 0.6) is 0 Å². The molecule has 5 rings (SSSR count). The van der Waals surface area contributed by atoms with Crippen molar-refractivity contribution in [3.63, 3.8) is 0 Å². The zero-order valence-corrected chi connectivity index (χ0v) is 18.7. The van der Waals surface area contributed by atoms with Crippen LogP contribution in [0.15, 0.2) is 42.9 Å². The lowest BCUT2D eigenvalue weighted by Crippen LogP contribution is -2.20. The van der Waals surface area contributed by atoms with Crippen molar-refractivity contribution in [1.82, 2.24) is 35.6 Å². The number of amides is 1. The Hall–Kier alpha value is -4.20. The van der Waals surface area contributed by atoms with Crippen molar-refractivity contribution in [2.24, 2.45) is 0 Å². The fourth-order valence-electron chi connectivity index (χ4n) is 3.44. The lowest BCUT2D eigenvalue weighted by molar-refractivity contribution is 0.0705. The van der Waals surface area contributed by atoms with Gasteiger partial charge < -0.3 is 15.3 Å². The Morgan fingerprint density at radius 2 is 2.03 bits per heavy atom. The fraction of sp³-hybridized carbons (Fsp3) is 0.143. The quantitative estimate of drug-likeness (QED) is 0.173. The minimum Gasteiger partial charge on any atom is -0.395 e. The second-order valence-corrected chi connectivity index (χ2v) is 8.28. The van der Waals surface area contributed by atoms with E-state index in [1.54, 1.807) is 23.6 Å². The first-order valence-electron chi connectivity index (χ1n) is 10.2. The van der Waals surface area contributed by atoms with Gasteiger partial charge in [0.25, 0.3) is 5.91 Å². The van der Waals surface area contributed by atoms with Gasteiger partial charge in [-0.15, -0.1) is 11.3 Å². The number of hydrogen-bond acceptors (Lipinski definition) is 11. The van der Waals surface area contributed by atoms with Crippen LogP contribution >= 0.6 is 11.3 Å². The summed E-state index contributed by atoms with van der Waals surface area (Å²) in [6.07, 6.45) is 4.40. The molecule has 1 amide bonds. The lowest BCUT2D eigenvalue weighted by atomic mass is 10.1. The monoisotopic (exact) mass is 477 g/mol. The number of hydroxylamine groups is 1. The van der Waals surface area contributed by atoms with Gasteiger partial charge in [-0.25, -0.2) is 25.4 Å². The standard InChI is InChI=1S/C21H19N9O3S/c1-30(21-23-8-11(9-24-21)20(32)29-33)16-7-15-17(34-16)19(22-5-6-31)27-18(26-15)12-3-2-4-14-13(12)10-25-28-14/h2-4,7-10,31,33H,5-6H2,1H3,(H,25,28)(H,29,32)(H,22,26,27). The number of aliphatic hydroxyl groups excluding tert-OH is 1. The molecule has 0 radical (unpaired) electrons. The molecule has 0 fully saturated rings.